The van der Waals surface area contributed by atoms with E-state index in [1.54, 1.807) is 24.3 Å². The number of allylic oxidation sites excluding steroid dienone is 1. The average molecular weight is 473 g/mol. The van der Waals surface area contributed by atoms with Crippen molar-refractivity contribution in [2.45, 2.75) is 31.5 Å². The Kier molecular flexibility index (Phi) is 6.79. The highest BCUT2D eigenvalue weighted by atomic mass is 35.5. The molecular weight excluding hydrogens is 448 g/mol. The Bertz CT molecular complexity index is 1070. The van der Waals surface area contributed by atoms with Crippen molar-refractivity contribution in [1.29, 1.82) is 0 Å². The molecule has 3 unspecified atom stereocenters. The second-order valence-corrected chi connectivity index (χ2v) is 8.32. The molecule has 1 fully saturated rings. The van der Waals surface area contributed by atoms with Crippen LogP contribution in [0.25, 0.3) is 5.57 Å². The van der Waals surface area contributed by atoms with Gasteiger partial charge in [0.15, 0.2) is 17.3 Å². The summed E-state index contributed by atoms with van der Waals surface area (Å²) >= 11 is 6.27. The number of carbonyl (C=O) groups is 2. The number of ether oxygens (including phenoxy) is 5. The van der Waals surface area contributed by atoms with Crippen LogP contribution in [0.5, 0.6) is 17.2 Å². The van der Waals surface area contributed by atoms with Crippen LogP contribution in [-0.2, 0) is 14.3 Å². The second-order valence-electron chi connectivity index (χ2n) is 7.91. The highest BCUT2D eigenvalue weighted by molar-refractivity contribution is 6.35. The van der Waals surface area contributed by atoms with E-state index < -0.39 is 5.97 Å². The third-order valence-corrected chi connectivity index (χ3v) is 6.37. The molecule has 1 saturated carbocycles. The molecule has 1 aliphatic heterocycles. The van der Waals surface area contributed by atoms with Crippen LogP contribution >= 0.6 is 11.6 Å². The van der Waals surface area contributed by atoms with Crippen LogP contribution in [0, 0.1) is 5.92 Å². The van der Waals surface area contributed by atoms with Gasteiger partial charge >= 0.3 is 5.97 Å². The predicted molar refractivity (Wildman–Crippen MR) is 122 cm³/mol. The fraction of sp³-hybridized carbons (Fsp3) is 0.360. The summed E-state index contributed by atoms with van der Waals surface area (Å²) in [7, 11) is 4.46. The number of hydrogen-bond acceptors (Lipinski definition) is 7. The molecule has 1 aliphatic carbocycles. The van der Waals surface area contributed by atoms with Crippen LogP contribution in [0.4, 0.5) is 0 Å². The van der Waals surface area contributed by atoms with E-state index in [1.807, 2.05) is 12.1 Å². The van der Waals surface area contributed by atoms with Crippen molar-refractivity contribution in [3.8, 4) is 17.2 Å². The van der Waals surface area contributed by atoms with Gasteiger partial charge in [-0.15, -0.1) is 0 Å². The Labute approximate surface area is 197 Å². The van der Waals surface area contributed by atoms with E-state index in [9.17, 15) is 9.59 Å². The maximum Gasteiger partial charge on any atom is 0.338 e. The molecule has 8 heteroatoms. The Morgan fingerprint density at radius 3 is 2.36 bits per heavy atom. The standard InChI is InChI=1S/C25H25ClO7/c1-29-21-10-14(11-22(30-2)24(21)31-3)25(28)33-15-8-9-17-20(12-15)32-13-18(23(17)27)16-6-4-5-7-19(16)26/h4-7,10-11,13,15,17,20H,8-9,12H2,1-3H3. The van der Waals surface area contributed by atoms with E-state index >= 15 is 0 Å². The van der Waals surface area contributed by atoms with Gasteiger partial charge in [-0.2, -0.15) is 0 Å². The fourth-order valence-corrected chi connectivity index (χ4v) is 4.59. The van der Waals surface area contributed by atoms with Crippen molar-refractivity contribution in [3.63, 3.8) is 0 Å². The number of benzene rings is 2. The Balaban J connectivity index is 1.47. The first-order chi connectivity index (χ1) is 16.0. The van der Waals surface area contributed by atoms with Crippen molar-refractivity contribution in [2.75, 3.05) is 21.3 Å². The summed E-state index contributed by atoms with van der Waals surface area (Å²) in [6.45, 7) is 0. The zero-order valence-electron chi connectivity index (χ0n) is 18.6. The zero-order valence-corrected chi connectivity index (χ0v) is 19.4. The van der Waals surface area contributed by atoms with Gasteiger partial charge in [0.2, 0.25) is 5.75 Å². The highest BCUT2D eigenvalue weighted by Gasteiger charge is 2.41. The lowest BCUT2D eigenvalue weighted by Crippen LogP contribution is -2.42. The van der Waals surface area contributed by atoms with E-state index in [1.165, 1.54) is 27.6 Å². The SMILES string of the molecule is COc1cc(C(=O)OC2CCC3C(=O)C(c4ccccc4Cl)=COC3C2)cc(OC)c1OC. The summed E-state index contributed by atoms with van der Waals surface area (Å²) in [4.78, 5) is 25.9. The maximum atomic E-state index is 13.1. The number of Topliss-reactive ketones (excluding diaryl/α,β-unsaturated/α-hetero) is 1. The number of esters is 1. The highest BCUT2D eigenvalue weighted by Crippen LogP contribution is 2.40. The van der Waals surface area contributed by atoms with Gasteiger partial charge in [0, 0.05) is 17.0 Å². The van der Waals surface area contributed by atoms with Gasteiger partial charge in [-0.3, -0.25) is 4.79 Å². The molecule has 33 heavy (non-hydrogen) atoms. The monoisotopic (exact) mass is 472 g/mol. The molecule has 4 rings (SSSR count). The van der Waals surface area contributed by atoms with Crippen LogP contribution in [0.2, 0.25) is 5.02 Å². The molecule has 0 spiro atoms. The Hall–Kier alpha value is -3.19. The minimum atomic E-state index is -0.507. The van der Waals surface area contributed by atoms with Gasteiger partial charge in [-0.1, -0.05) is 29.8 Å². The van der Waals surface area contributed by atoms with Crippen molar-refractivity contribution < 1.29 is 33.3 Å². The topological polar surface area (TPSA) is 80.3 Å². The quantitative estimate of drug-likeness (QED) is 0.563. The summed E-state index contributed by atoms with van der Waals surface area (Å²) in [5.41, 5.74) is 1.43. The molecule has 2 aromatic carbocycles. The van der Waals surface area contributed by atoms with Gasteiger partial charge in [0.1, 0.15) is 12.2 Å². The first kappa shape index (κ1) is 23.0. The summed E-state index contributed by atoms with van der Waals surface area (Å²) in [5.74, 6) is 0.336. The van der Waals surface area contributed by atoms with E-state index in [0.717, 1.165) is 0 Å². The number of halogens is 1. The largest absolute Gasteiger partial charge is 0.496 e. The average Bonchev–Trinajstić information content (AvgIpc) is 2.83. The first-order valence-corrected chi connectivity index (χ1v) is 11.0. The molecule has 0 amide bonds. The van der Waals surface area contributed by atoms with Crippen molar-refractivity contribution in [2.24, 2.45) is 5.92 Å². The van der Waals surface area contributed by atoms with Gasteiger partial charge in [0.05, 0.1) is 44.6 Å². The van der Waals surface area contributed by atoms with Crippen LogP contribution in [0.15, 0.2) is 42.7 Å². The van der Waals surface area contributed by atoms with Crippen LogP contribution in [0.1, 0.15) is 35.2 Å². The second kappa shape index (κ2) is 9.75. The normalized spacial score (nSPS) is 21.9. The van der Waals surface area contributed by atoms with E-state index in [-0.39, 0.29) is 29.5 Å². The van der Waals surface area contributed by atoms with E-state index in [0.29, 0.717) is 52.7 Å². The molecule has 0 aromatic heterocycles. The Morgan fingerprint density at radius 1 is 1.03 bits per heavy atom. The van der Waals surface area contributed by atoms with Gasteiger partial charge in [0.25, 0.3) is 0 Å². The lowest BCUT2D eigenvalue weighted by Gasteiger charge is -2.37. The predicted octanol–water partition coefficient (Wildman–Crippen LogP) is 4.70. The minimum Gasteiger partial charge on any atom is -0.496 e. The molecule has 0 N–H and O–H groups in total. The number of fused-ring (bicyclic) bond motifs is 1. The number of methoxy groups -OCH3 is 3. The minimum absolute atomic E-state index is 0.00811. The Morgan fingerprint density at radius 2 is 1.73 bits per heavy atom. The molecule has 0 radical (unpaired) electrons. The third-order valence-electron chi connectivity index (χ3n) is 6.04. The van der Waals surface area contributed by atoms with Crippen LogP contribution < -0.4 is 14.2 Å². The summed E-state index contributed by atoms with van der Waals surface area (Å²) in [6.07, 6.45) is 2.30. The molecule has 0 saturated heterocycles. The molecule has 174 valence electrons. The molecule has 2 aromatic rings. The molecule has 0 bridgehead atoms. The zero-order chi connectivity index (χ0) is 23.5. The molecule has 7 nitrogen and oxygen atoms in total. The number of ketones is 1. The summed E-state index contributed by atoms with van der Waals surface area (Å²) in [5, 5.41) is 0.507. The van der Waals surface area contributed by atoms with Gasteiger partial charge in [-0.25, -0.2) is 4.79 Å². The lowest BCUT2D eigenvalue weighted by atomic mass is 9.78. The van der Waals surface area contributed by atoms with Crippen LogP contribution in [-0.4, -0.2) is 45.3 Å². The van der Waals surface area contributed by atoms with Crippen LogP contribution in [0.3, 0.4) is 0 Å². The summed E-state index contributed by atoms with van der Waals surface area (Å²) < 4.78 is 27.6. The smallest absolute Gasteiger partial charge is 0.338 e. The number of rotatable bonds is 6. The lowest BCUT2D eigenvalue weighted by molar-refractivity contribution is -0.126. The van der Waals surface area contributed by atoms with Gasteiger partial charge in [-0.05, 0) is 31.0 Å². The van der Waals surface area contributed by atoms with Crippen molar-refractivity contribution in [1.82, 2.24) is 0 Å². The van der Waals surface area contributed by atoms with E-state index in [2.05, 4.69) is 0 Å². The fourth-order valence-electron chi connectivity index (χ4n) is 4.36. The third kappa shape index (κ3) is 4.50. The molecule has 2 aliphatic rings. The molecule has 3 atom stereocenters. The summed E-state index contributed by atoms with van der Waals surface area (Å²) in [6, 6.07) is 10.3. The molecular formula is C25H25ClO7. The van der Waals surface area contributed by atoms with Crippen molar-refractivity contribution in [3.05, 3.63) is 58.8 Å². The molecule has 1 heterocycles. The first-order valence-electron chi connectivity index (χ1n) is 10.6. The number of carbonyl (C=O) groups excluding carboxylic acids is 2. The van der Waals surface area contributed by atoms with Crippen molar-refractivity contribution >= 4 is 28.9 Å². The van der Waals surface area contributed by atoms with E-state index in [4.69, 9.17) is 35.3 Å². The maximum absolute atomic E-state index is 13.1. The van der Waals surface area contributed by atoms with Gasteiger partial charge < -0.3 is 23.7 Å². The number of hydrogen-bond donors (Lipinski definition) is 0.